The smallest absolute Gasteiger partial charge is 0.0285 e. The van der Waals surface area contributed by atoms with E-state index >= 15 is 0 Å². The van der Waals surface area contributed by atoms with Crippen molar-refractivity contribution in [1.82, 2.24) is 10.2 Å². The molecule has 0 saturated heterocycles. The van der Waals surface area contributed by atoms with Gasteiger partial charge in [-0.2, -0.15) is 0 Å². The van der Waals surface area contributed by atoms with Crippen LogP contribution in [0.2, 0.25) is 0 Å². The zero-order chi connectivity index (χ0) is 13.4. The van der Waals surface area contributed by atoms with Gasteiger partial charge in [-0.15, -0.1) is 11.3 Å². The molecule has 0 aliphatic carbocycles. The quantitative estimate of drug-likeness (QED) is 0.740. The van der Waals surface area contributed by atoms with Crippen LogP contribution < -0.4 is 5.32 Å². The van der Waals surface area contributed by atoms with Gasteiger partial charge in [0.15, 0.2) is 0 Å². The molecule has 0 aromatic carbocycles. The molecular formula is C14H25BrN2S. The molecule has 0 spiro atoms. The van der Waals surface area contributed by atoms with Gasteiger partial charge in [0.05, 0.1) is 0 Å². The van der Waals surface area contributed by atoms with Crippen LogP contribution in [0.4, 0.5) is 0 Å². The number of thiophene rings is 1. The SMILES string of the molecule is CCNC(CCN(CC)CC)Cc1cc(Br)cs1. The molecule has 4 heteroatoms. The van der Waals surface area contributed by atoms with Crippen LogP contribution >= 0.6 is 27.3 Å². The highest BCUT2D eigenvalue weighted by Gasteiger charge is 2.11. The van der Waals surface area contributed by atoms with Crippen molar-refractivity contribution in [2.24, 2.45) is 0 Å². The van der Waals surface area contributed by atoms with Gasteiger partial charge in [-0.3, -0.25) is 0 Å². The molecule has 0 bridgehead atoms. The van der Waals surface area contributed by atoms with E-state index in [4.69, 9.17) is 0 Å². The third-order valence-electron chi connectivity index (χ3n) is 3.25. The van der Waals surface area contributed by atoms with Gasteiger partial charge in [0.1, 0.15) is 0 Å². The summed E-state index contributed by atoms with van der Waals surface area (Å²) in [6.45, 7) is 11.2. The molecule has 1 aromatic heterocycles. The minimum absolute atomic E-state index is 0.598. The Balaban J connectivity index is 2.44. The molecule has 1 heterocycles. The topological polar surface area (TPSA) is 15.3 Å². The van der Waals surface area contributed by atoms with Crippen molar-refractivity contribution in [3.63, 3.8) is 0 Å². The van der Waals surface area contributed by atoms with Crippen LogP contribution in [0.25, 0.3) is 0 Å². The number of nitrogens with zero attached hydrogens (tertiary/aromatic N) is 1. The number of hydrogen-bond acceptors (Lipinski definition) is 3. The Morgan fingerprint density at radius 1 is 1.33 bits per heavy atom. The molecule has 1 N–H and O–H groups in total. The van der Waals surface area contributed by atoms with Crippen molar-refractivity contribution in [3.05, 3.63) is 20.8 Å². The zero-order valence-electron chi connectivity index (χ0n) is 11.7. The first kappa shape index (κ1) is 16.2. The first-order valence-corrected chi connectivity index (χ1v) is 8.55. The maximum absolute atomic E-state index is 3.61. The molecule has 104 valence electrons. The maximum atomic E-state index is 3.61. The van der Waals surface area contributed by atoms with E-state index in [1.165, 1.54) is 22.3 Å². The average molecular weight is 333 g/mol. The molecule has 0 aliphatic heterocycles. The molecule has 0 amide bonds. The van der Waals surface area contributed by atoms with E-state index in [0.717, 1.165) is 26.1 Å². The highest BCUT2D eigenvalue weighted by Crippen LogP contribution is 2.21. The molecule has 2 nitrogen and oxygen atoms in total. The summed E-state index contributed by atoms with van der Waals surface area (Å²) in [7, 11) is 0. The third kappa shape index (κ3) is 5.83. The van der Waals surface area contributed by atoms with Crippen LogP contribution in [0.15, 0.2) is 15.9 Å². The van der Waals surface area contributed by atoms with E-state index < -0.39 is 0 Å². The molecular weight excluding hydrogens is 308 g/mol. The summed E-state index contributed by atoms with van der Waals surface area (Å²) in [5.41, 5.74) is 0. The Kier molecular flexibility index (Phi) is 8.15. The summed E-state index contributed by atoms with van der Waals surface area (Å²) in [5, 5.41) is 5.78. The standard InChI is InChI=1S/C14H25BrN2S/c1-4-16-13(7-8-17(5-2)6-3)10-14-9-12(15)11-18-14/h9,11,13,16H,4-8,10H2,1-3H3. The molecule has 0 saturated carbocycles. The Morgan fingerprint density at radius 2 is 2.06 bits per heavy atom. The van der Waals surface area contributed by atoms with E-state index in [0.29, 0.717) is 6.04 Å². The van der Waals surface area contributed by atoms with E-state index in [1.807, 2.05) is 11.3 Å². The number of rotatable bonds is 9. The Bertz CT molecular complexity index is 323. The first-order valence-electron chi connectivity index (χ1n) is 6.88. The van der Waals surface area contributed by atoms with Crippen LogP contribution in [0, 0.1) is 0 Å². The summed E-state index contributed by atoms with van der Waals surface area (Å²) < 4.78 is 1.21. The van der Waals surface area contributed by atoms with E-state index in [1.54, 1.807) is 0 Å². The fraction of sp³-hybridized carbons (Fsp3) is 0.714. The lowest BCUT2D eigenvalue weighted by atomic mass is 10.1. The Hall–Kier alpha value is 0.1000. The summed E-state index contributed by atoms with van der Waals surface area (Å²) in [6, 6.07) is 2.84. The lowest BCUT2D eigenvalue weighted by molar-refractivity contribution is 0.281. The maximum Gasteiger partial charge on any atom is 0.0285 e. The van der Waals surface area contributed by atoms with Crippen LogP contribution in [-0.2, 0) is 6.42 Å². The highest BCUT2D eigenvalue weighted by molar-refractivity contribution is 9.10. The monoisotopic (exact) mass is 332 g/mol. The van der Waals surface area contributed by atoms with Crippen molar-refractivity contribution in [2.45, 2.75) is 39.7 Å². The van der Waals surface area contributed by atoms with Crippen LogP contribution in [0.5, 0.6) is 0 Å². The van der Waals surface area contributed by atoms with Gasteiger partial charge in [0, 0.05) is 20.8 Å². The predicted molar refractivity (Wildman–Crippen MR) is 85.6 cm³/mol. The van der Waals surface area contributed by atoms with E-state index in [9.17, 15) is 0 Å². The summed E-state index contributed by atoms with van der Waals surface area (Å²) in [6.07, 6.45) is 2.37. The van der Waals surface area contributed by atoms with Crippen molar-refractivity contribution < 1.29 is 0 Å². The summed E-state index contributed by atoms with van der Waals surface area (Å²) in [5.74, 6) is 0. The second-order valence-corrected chi connectivity index (χ2v) is 6.42. The largest absolute Gasteiger partial charge is 0.314 e. The molecule has 0 aliphatic rings. The normalized spacial score (nSPS) is 13.2. The van der Waals surface area contributed by atoms with Gasteiger partial charge < -0.3 is 10.2 Å². The number of halogens is 1. The molecule has 0 fully saturated rings. The highest BCUT2D eigenvalue weighted by atomic mass is 79.9. The predicted octanol–water partition coefficient (Wildman–Crippen LogP) is 3.76. The molecule has 1 aromatic rings. The minimum Gasteiger partial charge on any atom is -0.314 e. The van der Waals surface area contributed by atoms with Crippen LogP contribution in [0.3, 0.4) is 0 Å². The summed E-state index contributed by atoms with van der Waals surface area (Å²) in [4.78, 5) is 3.96. The van der Waals surface area contributed by atoms with Crippen molar-refractivity contribution in [2.75, 3.05) is 26.2 Å². The van der Waals surface area contributed by atoms with Gasteiger partial charge in [0.2, 0.25) is 0 Å². The van der Waals surface area contributed by atoms with Crippen LogP contribution in [0.1, 0.15) is 32.1 Å². The van der Waals surface area contributed by atoms with Gasteiger partial charge in [-0.05, 0) is 61.0 Å². The molecule has 1 rings (SSSR count). The number of hydrogen-bond donors (Lipinski definition) is 1. The second kappa shape index (κ2) is 9.08. The van der Waals surface area contributed by atoms with Gasteiger partial charge in [0.25, 0.3) is 0 Å². The van der Waals surface area contributed by atoms with Crippen molar-refractivity contribution in [3.8, 4) is 0 Å². The Morgan fingerprint density at radius 3 is 2.56 bits per heavy atom. The lowest BCUT2D eigenvalue weighted by Crippen LogP contribution is -2.35. The minimum atomic E-state index is 0.598. The molecule has 0 radical (unpaired) electrons. The first-order chi connectivity index (χ1) is 8.69. The van der Waals surface area contributed by atoms with Gasteiger partial charge in [-0.1, -0.05) is 20.8 Å². The van der Waals surface area contributed by atoms with E-state index in [2.05, 4.69) is 58.4 Å². The fourth-order valence-electron chi connectivity index (χ4n) is 2.15. The van der Waals surface area contributed by atoms with E-state index in [-0.39, 0.29) is 0 Å². The summed E-state index contributed by atoms with van der Waals surface area (Å²) >= 11 is 5.38. The molecule has 18 heavy (non-hydrogen) atoms. The van der Waals surface area contributed by atoms with Gasteiger partial charge in [-0.25, -0.2) is 0 Å². The van der Waals surface area contributed by atoms with Crippen molar-refractivity contribution >= 4 is 27.3 Å². The Labute approximate surface area is 124 Å². The molecule has 1 atom stereocenters. The lowest BCUT2D eigenvalue weighted by Gasteiger charge is -2.23. The zero-order valence-corrected chi connectivity index (χ0v) is 14.1. The van der Waals surface area contributed by atoms with Gasteiger partial charge >= 0.3 is 0 Å². The fourth-order valence-corrected chi connectivity index (χ4v) is 3.68. The second-order valence-electron chi connectivity index (χ2n) is 4.51. The third-order valence-corrected chi connectivity index (χ3v) is 4.97. The number of likely N-dealkylation sites (N-methyl/N-ethyl adjacent to an activating group) is 1. The number of nitrogens with one attached hydrogen (secondary N) is 1. The average Bonchev–Trinajstić information content (AvgIpc) is 2.76. The van der Waals surface area contributed by atoms with Crippen LogP contribution in [-0.4, -0.2) is 37.1 Å². The molecule has 1 unspecified atom stereocenters. The van der Waals surface area contributed by atoms with Crippen molar-refractivity contribution in [1.29, 1.82) is 0 Å².